The molecular formula is C15H22O8. The van der Waals surface area contributed by atoms with E-state index in [-0.39, 0.29) is 6.61 Å². The first-order chi connectivity index (χ1) is 10.8. The topological polar surface area (TPSA) is 97.4 Å². The van der Waals surface area contributed by atoms with Gasteiger partial charge < -0.3 is 23.7 Å². The van der Waals surface area contributed by atoms with E-state index in [0.717, 1.165) is 0 Å². The van der Waals surface area contributed by atoms with Crippen molar-refractivity contribution in [1.29, 1.82) is 0 Å². The second kappa shape index (κ2) is 8.64. The van der Waals surface area contributed by atoms with E-state index >= 15 is 0 Å². The normalized spacial score (nSPS) is 30.2. The van der Waals surface area contributed by atoms with Crippen LogP contribution in [0.4, 0.5) is 0 Å². The maximum absolute atomic E-state index is 11.4. The van der Waals surface area contributed by atoms with Gasteiger partial charge in [-0.25, -0.2) is 0 Å². The molecule has 0 amide bonds. The number of carbonyl (C=O) groups is 3. The van der Waals surface area contributed by atoms with Gasteiger partial charge in [0.1, 0.15) is 0 Å². The van der Waals surface area contributed by atoms with Gasteiger partial charge in [0.05, 0.1) is 12.7 Å². The summed E-state index contributed by atoms with van der Waals surface area (Å²) in [5.41, 5.74) is 0. The van der Waals surface area contributed by atoms with E-state index < -0.39 is 48.6 Å². The number of ether oxygens (including phenoxy) is 5. The molecule has 130 valence electrons. The molecule has 1 aliphatic rings. The molecule has 1 aliphatic heterocycles. The molecule has 0 spiro atoms. The van der Waals surface area contributed by atoms with E-state index in [1.54, 1.807) is 6.92 Å². The molecule has 0 bridgehead atoms. The van der Waals surface area contributed by atoms with Crippen LogP contribution in [0.5, 0.6) is 0 Å². The number of carbonyl (C=O) groups excluding carboxylic acids is 3. The SMILES string of the molecule is C=CCO[C@H]1O[C@@H](C)[C@@H](OC(C)=O)[C@@H](OC(C)=O)[C@@H]1OC(C)=O. The molecule has 1 saturated heterocycles. The first kappa shape index (κ1) is 19.1. The summed E-state index contributed by atoms with van der Waals surface area (Å²) in [5, 5.41) is 0. The monoisotopic (exact) mass is 330 g/mol. The summed E-state index contributed by atoms with van der Waals surface area (Å²) < 4.78 is 26.6. The minimum Gasteiger partial charge on any atom is -0.456 e. The second-order valence-electron chi connectivity index (χ2n) is 5.05. The van der Waals surface area contributed by atoms with Crippen LogP contribution in [0, 0.1) is 0 Å². The predicted molar refractivity (Wildman–Crippen MR) is 77.1 cm³/mol. The highest BCUT2D eigenvalue weighted by Crippen LogP contribution is 2.29. The Morgan fingerprint density at radius 1 is 0.957 bits per heavy atom. The zero-order chi connectivity index (χ0) is 17.6. The third-order valence-electron chi connectivity index (χ3n) is 3.01. The lowest BCUT2D eigenvalue weighted by molar-refractivity contribution is -0.298. The van der Waals surface area contributed by atoms with Crippen LogP contribution >= 0.6 is 0 Å². The lowest BCUT2D eigenvalue weighted by Gasteiger charge is -2.43. The van der Waals surface area contributed by atoms with E-state index in [2.05, 4.69) is 6.58 Å². The highest BCUT2D eigenvalue weighted by atomic mass is 16.7. The van der Waals surface area contributed by atoms with E-state index in [1.165, 1.54) is 26.8 Å². The Bertz CT molecular complexity index is 460. The molecule has 1 heterocycles. The van der Waals surface area contributed by atoms with Crippen molar-refractivity contribution in [2.24, 2.45) is 0 Å². The molecule has 0 aromatic carbocycles. The molecule has 0 aliphatic carbocycles. The van der Waals surface area contributed by atoms with E-state index in [1.807, 2.05) is 0 Å². The molecule has 0 aromatic heterocycles. The van der Waals surface area contributed by atoms with Crippen LogP contribution in [0.25, 0.3) is 0 Å². The quantitative estimate of drug-likeness (QED) is 0.399. The lowest BCUT2D eigenvalue weighted by Crippen LogP contribution is -2.61. The summed E-state index contributed by atoms with van der Waals surface area (Å²) in [5.74, 6) is -1.80. The van der Waals surface area contributed by atoms with Crippen molar-refractivity contribution >= 4 is 17.9 Å². The van der Waals surface area contributed by atoms with Crippen molar-refractivity contribution in [3.05, 3.63) is 12.7 Å². The van der Waals surface area contributed by atoms with Gasteiger partial charge in [-0.3, -0.25) is 14.4 Å². The molecule has 1 fully saturated rings. The minimum absolute atomic E-state index is 0.139. The van der Waals surface area contributed by atoms with Gasteiger partial charge in [-0.2, -0.15) is 0 Å². The third kappa shape index (κ3) is 5.65. The van der Waals surface area contributed by atoms with E-state index in [9.17, 15) is 14.4 Å². The number of hydrogen-bond donors (Lipinski definition) is 0. The maximum atomic E-state index is 11.4. The summed E-state index contributed by atoms with van der Waals surface area (Å²) in [7, 11) is 0. The van der Waals surface area contributed by atoms with Crippen LogP contribution in [0.3, 0.4) is 0 Å². The number of rotatable bonds is 6. The van der Waals surface area contributed by atoms with Crippen LogP contribution in [0.15, 0.2) is 12.7 Å². The van der Waals surface area contributed by atoms with E-state index in [4.69, 9.17) is 23.7 Å². The molecule has 8 nitrogen and oxygen atoms in total. The van der Waals surface area contributed by atoms with Gasteiger partial charge in [-0.15, -0.1) is 6.58 Å². The summed E-state index contributed by atoms with van der Waals surface area (Å²) in [6.45, 7) is 8.93. The Kier molecular flexibility index (Phi) is 7.18. The zero-order valence-electron chi connectivity index (χ0n) is 13.6. The summed E-state index contributed by atoms with van der Waals surface area (Å²) in [4.78, 5) is 34.1. The Labute approximate surface area is 134 Å². The summed E-state index contributed by atoms with van der Waals surface area (Å²) >= 11 is 0. The van der Waals surface area contributed by atoms with Gasteiger partial charge in [0.2, 0.25) is 0 Å². The number of esters is 3. The second-order valence-corrected chi connectivity index (χ2v) is 5.05. The van der Waals surface area contributed by atoms with Gasteiger partial charge in [-0.05, 0) is 6.92 Å². The highest BCUT2D eigenvalue weighted by Gasteiger charge is 2.50. The van der Waals surface area contributed by atoms with Gasteiger partial charge >= 0.3 is 17.9 Å². The van der Waals surface area contributed by atoms with Crippen LogP contribution in [-0.2, 0) is 38.1 Å². The smallest absolute Gasteiger partial charge is 0.303 e. The fraction of sp³-hybridized carbons (Fsp3) is 0.667. The molecule has 0 unspecified atom stereocenters. The van der Waals surface area contributed by atoms with Gasteiger partial charge in [0.15, 0.2) is 24.6 Å². The molecule has 0 saturated carbocycles. The van der Waals surface area contributed by atoms with Gasteiger partial charge in [-0.1, -0.05) is 6.08 Å². The Morgan fingerprint density at radius 3 is 1.91 bits per heavy atom. The van der Waals surface area contributed by atoms with Crippen molar-refractivity contribution in [2.45, 2.75) is 58.4 Å². The van der Waals surface area contributed by atoms with E-state index in [0.29, 0.717) is 0 Å². The molecule has 0 aromatic rings. The Morgan fingerprint density at radius 2 is 1.43 bits per heavy atom. The summed E-state index contributed by atoms with van der Waals surface area (Å²) in [6.07, 6.45) is -3.16. The first-order valence-corrected chi connectivity index (χ1v) is 7.15. The average molecular weight is 330 g/mol. The molecule has 5 atom stereocenters. The van der Waals surface area contributed by atoms with Crippen molar-refractivity contribution in [3.63, 3.8) is 0 Å². The molecule has 23 heavy (non-hydrogen) atoms. The summed E-state index contributed by atoms with van der Waals surface area (Å²) in [6, 6.07) is 0. The predicted octanol–water partition coefficient (Wildman–Crippen LogP) is 0.729. The van der Waals surface area contributed by atoms with Crippen LogP contribution in [-0.4, -0.2) is 55.2 Å². The van der Waals surface area contributed by atoms with Crippen molar-refractivity contribution in [2.75, 3.05) is 6.61 Å². The van der Waals surface area contributed by atoms with Crippen molar-refractivity contribution in [1.82, 2.24) is 0 Å². The zero-order valence-corrected chi connectivity index (χ0v) is 13.6. The molecule has 0 N–H and O–H groups in total. The molecule has 1 rings (SSSR count). The van der Waals surface area contributed by atoms with Crippen molar-refractivity contribution in [3.8, 4) is 0 Å². The first-order valence-electron chi connectivity index (χ1n) is 7.15. The van der Waals surface area contributed by atoms with Crippen molar-refractivity contribution < 1.29 is 38.1 Å². The van der Waals surface area contributed by atoms with Crippen LogP contribution in [0.2, 0.25) is 0 Å². The molecule has 8 heteroatoms. The Hall–Kier alpha value is -1.93. The maximum Gasteiger partial charge on any atom is 0.303 e. The highest BCUT2D eigenvalue weighted by molar-refractivity contribution is 5.68. The fourth-order valence-electron chi connectivity index (χ4n) is 2.27. The number of hydrogen-bond acceptors (Lipinski definition) is 8. The Balaban J connectivity index is 3.10. The minimum atomic E-state index is -1.07. The van der Waals surface area contributed by atoms with Gasteiger partial charge in [0.25, 0.3) is 0 Å². The lowest BCUT2D eigenvalue weighted by atomic mass is 9.99. The van der Waals surface area contributed by atoms with Gasteiger partial charge in [0, 0.05) is 20.8 Å². The largest absolute Gasteiger partial charge is 0.456 e. The molecular weight excluding hydrogens is 308 g/mol. The van der Waals surface area contributed by atoms with Crippen LogP contribution in [0.1, 0.15) is 27.7 Å². The average Bonchev–Trinajstić information content (AvgIpc) is 2.42. The van der Waals surface area contributed by atoms with Crippen LogP contribution < -0.4 is 0 Å². The third-order valence-corrected chi connectivity index (χ3v) is 3.01. The standard InChI is InChI=1S/C15H22O8/c1-6-7-19-15-14(23-11(5)18)13(22-10(4)17)12(8(2)20-15)21-9(3)16/h6,8,12-15H,1,7H2,2-5H3/t8-,12+,13+,14-,15-/m0/s1. The fourth-order valence-corrected chi connectivity index (χ4v) is 2.27. The molecule has 0 radical (unpaired) electrons.